The molecule has 1 aliphatic heterocycles. The second-order valence-corrected chi connectivity index (χ2v) is 4.77. The second-order valence-electron chi connectivity index (χ2n) is 4.77. The van der Waals surface area contributed by atoms with Crippen LogP contribution < -0.4 is 5.32 Å². The third-order valence-electron chi connectivity index (χ3n) is 3.41. The van der Waals surface area contributed by atoms with Crippen molar-refractivity contribution in [1.29, 1.82) is 0 Å². The molecule has 1 N–H and O–H groups in total. The monoisotopic (exact) mass is 252 g/mol. The Morgan fingerprint density at radius 1 is 1.28 bits per heavy atom. The Morgan fingerprint density at radius 2 is 2.11 bits per heavy atom. The van der Waals surface area contributed by atoms with Crippen LogP contribution in [-0.4, -0.2) is 54.3 Å². The van der Waals surface area contributed by atoms with Crippen LogP contribution in [0.2, 0.25) is 0 Å². The highest BCUT2D eigenvalue weighted by atomic mass is 16.5. The number of likely N-dealkylation sites (tertiary alicyclic amines) is 1. The molecule has 0 saturated carbocycles. The van der Waals surface area contributed by atoms with Gasteiger partial charge in [-0.25, -0.2) is 4.98 Å². The fourth-order valence-corrected chi connectivity index (χ4v) is 2.35. The topological polar surface area (TPSA) is 42.3 Å². The van der Waals surface area contributed by atoms with Gasteiger partial charge in [-0.1, -0.05) is 6.42 Å². The van der Waals surface area contributed by atoms with E-state index >= 15 is 0 Å². The molecular weight excluding hydrogens is 228 g/mol. The van der Waals surface area contributed by atoms with Crippen molar-refractivity contribution in [3.63, 3.8) is 0 Å². The molecule has 1 aromatic heterocycles. The van der Waals surface area contributed by atoms with Crippen LogP contribution >= 0.6 is 0 Å². The lowest BCUT2D eigenvalue weighted by Gasteiger charge is -2.26. The first-order chi connectivity index (χ1) is 8.90. The zero-order valence-corrected chi connectivity index (χ0v) is 11.3. The molecular formula is C13H24N4O. The summed E-state index contributed by atoms with van der Waals surface area (Å²) in [5.41, 5.74) is 0. The minimum absolute atomic E-state index is 0.707. The summed E-state index contributed by atoms with van der Waals surface area (Å²) in [6.45, 7) is 6.14. The third-order valence-corrected chi connectivity index (χ3v) is 3.41. The molecule has 5 nitrogen and oxygen atoms in total. The van der Waals surface area contributed by atoms with Crippen molar-refractivity contribution in [1.82, 2.24) is 14.5 Å². The molecule has 18 heavy (non-hydrogen) atoms. The van der Waals surface area contributed by atoms with Gasteiger partial charge in [-0.05, 0) is 25.9 Å². The van der Waals surface area contributed by atoms with Gasteiger partial charge in [0.25, 0.3) is 0 Å². The van der Waals surface area contributed by atoms with E-state index in [0.717, 1.165) is 25.6 Å². The number of aromatic nitrogens is 2. The predicted molar refractivity (Wildman–Crippen MR) is 72.9 cm³/mol. The van der Waals surface area contributed by atoms with Crippen molar-refractivity contribution in [2.24, 2.45) is 0 Å². The third kappa shape index (κ3) is 3.99. The Hall–Kier alpha value is -1.07. The van der Waals surface area contributed by atoms with Crippen molar-refractivity contribution < 1.29 is 4.74 Å². The lowest BCUT2D eigenvalue weighted by atomic mass is 10.1. The van der Waals surface area contributed by atoms with Gasteiger partial charge in [0, 0.05) is 39.1 Å². The summed E-state index contributed by atoms with van der Waals surface area (Å²) in [5, 5.41) is 3.29. The molecule has 0 atom stereocenters. The fraction of sp³-hybridized carbons (Fsp3) is 0.769. The molecule has 0 spiro atoms. The van der Waals surface area contributed by atoms with E-state index < -0.39 is 0 Å². The SMILES string of the molecule is COCCNc1nccn1CCN1CCCCC1. The zero-order valence-electron chi connectivity index (χ0n) is 11.3. The number of methoxy groups -OCH3 is 1. The van der Waals surface area contributed by atoms with Gasteiger partial charge in [0.2, 0.25) is 5.95 Å². The van der Waals surface area contributed by atoms with E-state index in [2.05, 4.69) is 19.8 Å². The van der Waals surface area contributed by atoms with Crippen LogP contribution in [-0.2, 0) is 11.3 Å². The van der Waals surface area contributed by atoms with Gasteiger partial charge in [0.15, 0.2) is 0 Å². The maximum absolute atomic E-state index is 5.03. The van der Waals surface area contributed by atoms with E-state index in [4.69, 9.17) is 4.74 Å². The van der Waals surface area contributed by atoms with Crippen molar-refractivity contribution in [2.75, 3.05) is 45.2 Å². The lowest BCUT2D eigenvalue weighted by molar-refractivity contribution is 0.210. The molecule has 0 bridgehead atoms. The summed E-state index contributed by atoms with van der Waals surface area (Å²) in [6, 6.07) is 0. The maximum Gasteiger partial charge on any atom is 0.202 e. The normalized spacial score (nSPS) is 16.9. The van der Waals surface area contributed by atoms with E-state index in [1.807, 2.05) is 12.4 Å². The molecule has 0 aromatic carbocycles. The molecule has 1 aromatic rings. The number of rotatable bonds is 7. The summed E-state index contributed by atoms with van der Waals surface area (Å²) in [6.07, 6.45) is 7.99. The van der Waals surface area contributed by atoms with Crippen LogP contribution in [0.4, 0.5) is 5.95 Å². The smallest absolute Gasteiger partial charge is 0.202 e. The second kappa shape index (κ2) is 7.38. The summed E-state index contributed by atoms with van der Waals surface area (Å²) >= 11 is 0. The number of nitrogens with one attached hydrogen (secondary N) is 1. The van der Waals surface area contributed by atoms with E-state index in [0.29, 0.717) is 6.61 Å². The van der Waals surface area contributed by atoms with Crippen LogP contribution in [0.3, 0.4) is 0 Å². The molecule has 0 radical (unpaired) electrons. The molecule has 0 unspecified atom stereocenters. The van der Waals surface area contributed by atoms with Gasteiger partial charge in [0.1, 0.15) is 0 Å². The van der Waals surface area contributed by atoms with Gasteiger partial charge < -0.3 is 19.5 Å². The number of anilines is 1. The average Bonchev–Trinajstić information content (AvgIpc) is 2.86. The van der Waals surface area contributed by atoms with Crippen LogP contribution in [0.1, 0.15) is 19.3 Å². The first kappa shape index (κ1) is 13.4. The molecule has 0 amide bonds. The van der Waals surface area contributed by atoms with Crippen molar-refractivity contribution in [2.45, 2.75) is 25.8 Å². The number of ether oxygens (including phenoxy) is 1. The molecule has 5 heteroatoms. The summed E-state index contributed by atoms with van der Waals surface area (Å²) < 4.78 is 7.21. The Bertz CT molecular complexity index is 333. The Morgan fingerprint density at radius 3 is 2.89 bits per heavy atom. The molecule has 1 saturated heterocycles. The van der Waals surface area contributed by atoms with Crippen LogP contribution in [0, 0.1) is 0 Å². The minimum atomic E-state index is 0.707. The predicted octanol–water partition coefficient (Wildman–Crippen LogP) is 1.43. The molecule has 1 aliphatic rings. The Balaban J connectivity index is 1.75. The maximum atomic E-state index is 5.03. The fourth-order valence-electron chi connectivity index (χ4n) is 2.35. The van der Waals surface area contributed by atoms with Gasteiger partial charge >= 0.3 is 0 Å². The lowest BCUT2D eigenvalue weighted by Crippen LogP contribution is -2.32. The molecule has 2 rings (SSSR count). The molecule has 1 fully saturated rings. The summed E-state index contributed by atoms with van der Waals surface area (Å²) in [7, 11) is 1.71. The Kier molecular flexibility index (Phi) is 5.48. The van der Waals surface area contributed by atoms with Gasteiger partial charge in [-0.3, -0.25) is 0 Å². The number of hydrogen-bond donors (Lipinski definition) is 1. The van der Waals surface area contributed by atoms with E-state index in [1.165, 1.54) is 32.4 Å². The molecule has 102 valence electrons. The van der Waals surface area contributed by atoms with Gasteiger partial charge in [-0.2, -0.15) is 0 Å². The number of nitrogens with zero attached hydrogens (tertiary/aromatic N) is 3. The average molecular weight is 252 g/mol. The van der Waals surface area contributed by atoms with E-state index in [1.54, 1.807) is 7.11 Å². The first-order valence-electron chi connectivity index (χ1n) is 6.86. The summed E-state index contributed by atoms with van der Waals surface area (Å²) in [4.78, 5) is 6.87. The number of hydrogen-bond acceptors (Lipinski definition) is 4. The quantitative estimate of drug-likeness (QED) is 0.745. The van der Waals surface area contributed by atoms with Crippen LogP contribution in [0.5, 0.6) is 0 Å². The highest BCUT2D eigenvalue weighted by Crippen LogP contribution is 2.10. The Labute approximate surface area is 109 Å². The van der Waals surface area contributed by atoms with Crippen molar-refractivity contribution in [3.05, 3.63) is 12.4 Å². The van der Waals surface area contributed by atoms with E-state index in [-0.39, 0.29) is 0 Å². The van der Waals surface area contributed by atoms with Gasteiger partial charge in [-0.15, -0.1) is 0 Å². The summed E-state index contributed by atoms with van der Waals surface area (Å²) in [5.74, 6) is 0.948. The van der Waals surface area contributed by atoms with Crippen molar-refractivity contribution >= 4 is 5.95 Å². The number of piperidine rings is 1. The largest absolute Gasteiger partial charge is 0.383 e. The van der Waals surface area contributed by atoms with Crippen LogP contribution in [0.25, 0.3) is 0 Å². The molecule has 0 aliphatic carbocycles. The van der Waals surface area contributed by atoms with Gasteiger partial charge in [0.05, 0.1) is 6.61 Å². The standard InChI is InChI=1S/C13H24N4O/c1-18-12-6-15-13-14-5-9-17(13)11-10-16-7-3-2-4-8-16/h5,9H,2-4,6-8,10-12H2,1H3,(H,14,15). The minimum Gasteiger partial charge on any atom is -0.383 e. The highest BCUT2D eigenvalue weighted by Gasteiger charge is 2.10. The first-order valence-corrected chi connectivity index (χ1v) is 6.86. The molecule has 2 heterocycles. The highest BCUT2D eigenvalue weighted by molar-refractivity contribution is 5.25. The number of imidazole rings is 1. The van der Waals surface area contributed by atoms with Crippen molar-refractivity contribution in [3.8, 4) is 0 Å². The zero-order chi connectivity index (χ0) is 12.6. The van der Waals surface area contributed by atoms with Crippen LogP contribution in [0.15, 0.2) is 12.4 Å². The van der Waals surface area contributed by atoms with E-state index in [9.17, 15) is 0 Å².